The van der Waals surface area contributed by atoms with Gasteiger partial charge in [0.05, 0.1) is 5.69 Å². The SMILES string of the molecule is CNC(=O)N(C(=N)N)c1c(C)ccc(O)c1C.Cl. The van der Waals surface area contributed by atoms with Crippen LogP contribution in [0.15, 0.2) is 12.1 Å². The number of anilines is 1. The molecule has 2 amide bonds. The number of hydrogen-bond donors (Lipinski definition) is 4. The van der Waals surface area contributed by atoms with Gasteiger partial charge in [-0.2, -0.15) is 0 Å². The first kappa shape index (κ1) is 16.1. The van der Waals surface area contributed by atoms with E-state index in [0.717, 1.165) is 10.5 Å². The van der Waals surface area contributed by atoms with Gasteiger partial charge in [0, 0.05) is 12.6 Å². The molecule has 0 spiro atoms. The number of phenolic OH excluding ortho intramolecular Hbond substituents is 1. The predicted octanol–water partition coefficient (Wildman–Crippen LogP) is 1.47. The van der Waals surface area contributed by atoms with Crippen molar-refractivity contribution in [3.63, 3.8) is 0 Å². The highest BCUT2D eigenvalue weighted by atomic mass is 35.5. The van der Waals surface area contributed by atoms with Crippen LogP contribution in [0.4, 0.5) is 10.5 Å². The number of benzene rings is 1. The summed E-state index contributed by atoms with van der Waals surface area (Å²) in [5.41, 5.74) is 7.08. The summed E-state index contributed by atoms with van der Waals surface area (Å²) in [6.07, 6.45) is 0. The molecular formula is C11H17ClN4O2. The molecule has 0 aliphatic heterocycles. The summed E-state index contributed by atoms with van der Waals surface area (Å²) >= 11 is 0. The summed E-state index contributed by atoms with van der Waals surface area (Å²) in [4.78, 5) is 12.7. The maximum atomic E-state index is 11.7. The van der Waals surface area contributed by atoms with Crippen molar-refractivity contribution in [3.8, 4) is 5.75 Å². The van der Waals surface area contributed by atoms with Crippen molar-refractivity contribution >= 4 is 30.1 Å². The number of halogens is 1. The number of amides is 2. The maximum absolute atomic E-state index is 11.7. The minimum Gasteiger partial charge on any atom is -0.508 e. The molecule has 0 aliphatic rings. The summed E-state index contributed by atoms with van der Waals surface area (Å²) in [5, 5.41) is 19.5. The first-order chi connectivity index (χ1) is 7.90. The number of aryl methyl sites for hydroxylation is 1. The average Bonchev–Trinajstić information content (AvgIpc) is 2.28. The van der Waals surface area contributed by atoms with Crippen molar-refractivity contribution in [2.45, 2.75) is 13.8 Å². The van der Waals surface area contributed by atoms with Crippen LogP contribution in [0.5, 0.6) is 5.75 Å². The van der Waals surface area contributed by atoms with Crippen molar-refractivity contribution in [1.29, 1.82) is 5.41 Å². The molecule has 1 aromatic rings. The smallest absolute Gasteiger partial charge is 0.328 e. The lowest BCUT2D eigenvalue weighted by molar-refractivity contribution is 0.251. The standard InChI is InChI=1S/C11H16N4O2.ClH/c1-6-4-5-8(16)7(2)9(6)15(10(12)13)11(17)14-3;/h4-5,16H,1-3H3,(H3,12,13)(H,14,17);1H. The Bertz CT molecular complexity index is 476. The zero-order chi connectivity index (χ0) is 13.2. The minimum atomic E-state index is -0.519. The van der Waals surface area contributed by atoms with Crippen LogP contribution in [-0.4, -0.2) is 24.1 Å². The second-order valence-corrected chi connectivity index (χ2v) is 3.65. The molecule has 6 nitrogen and oxygen atoms in total. The third-order valence-electron chi connectivity index (χ3n) is 2.49. The van der Waals surface area contributed by atoms with Gasteiger partial charge in [-0.05, 0) is 25.5 Å². The highest BCUT2D eigenvalue weighted by Crippen LogP contribution is 2.31. The third-order valence-corrected chi connectivity index (χ3v) is 2.49. The van der Waals surface area contributed by atoms with E-state index in [2.05, 4.69) is 5.32 Å². The van der Waals surface area contributed by atoms with Crippen LogP contribution in [0.2, 0.25) is 0 Å². The summed E-state index contributed by atoms with van der Waals surface area (Å²) in [7, 11) is 1.45. The highest BCUT2D eigenvalue weighted by Gasteiger charge is 2.22. The van der Waals surface area contributed by atoms with Gasteiger partial charge in [-0.25, -0.2) is 9.69 Å². The number of nitrogens with two attached hydrogens (primary N) is 1. The van der Waals surface area contributed by atoms with Crippen LogP contribution >= 0.6 is 12.4 Å². The Morgan fingerprint density at radius 2 is 2.00 bits per heavy atom. The molecule has 5 N–H and O–H groups in total. The second-order valence-electron chi connectivity index (χ2n) is 3.65. The molecule has 0 atom stereocenters. The number of hydrogen-bond acceptors (Lipinski definition) is 3. The number of guanidine groups is 1. The molecule has 100 valence electrons. The van der Waals surface area contributed by atoms with Crippen LogP contribution in [0.1, 0.15) is 11.1 Å². The molecule has 0 aliphatic carbocycles. The lowest BCUT2D eigenvalue weighted by atomic mass is 10.1. The Morgan fingerprint density at radius 1 is 1.44 bits per heavy atom. The van der Waals surface area contributed by atoms with E-state index in [1.807, 2.05) is 0 Å². The largest absolute Gasteiger partial charge is 0.508 e. The van der Waals surface area contributed by atoms with Gasteiger partial charge in [-0.15, -0.1) is 12.4 Å². The van der Waals surface area contributed by atoms with E-state index in [1.165, 1.54) is 13.1 Å². The van der Waals surface area contributed by atoms with Crippen molar-refractivity contribution in [2.24, 2.45) is 5.73 Å². The molecule has 0 aromatic heterocycles. The fourth-order valence-corrected chi connectivity index (χ4v) is 1.61. The molecule has 1 rings (SSSR count). The van der Waals surface area contributed by atoms with Gasteiger partial charge in [-0.3, -0.25) is 5.41 Å². The number of phenols is 1. The Kier molecular flexibility index (Phi) is 5.45. The van der Waals surface area contributed by atoms with Crippen molar-refractivity contribution in [2.75, 3.05) is 11.9 Å². The fraction of sp³-hybridized carbons (Fsp3) is 0.273. The van der Waals surface area contributed by atoms with Crippen molar-refractivity contribution in [1.82, 2.24) is 5.32 Å². The van der Waals surface area contributed by atoms with Crippen LogP contribution in [-0.2, 0) is 0 Å². The highest BCUT2D eigenvalue weighted by molar-refractivity contribution is 6.14. The number of nitrogens with zero attached hydrogens (tertiary/aromatic N) is 1. The zero-order valence-electron chi connectivity index (χ0n) is 10.4. The topological polar surface area (TPSA) is 102 Å². The van der Waals surface area contributed by atoms with Gasteiger partial charge in [0.2, 0.25) is 5.96 Å². The first-order valence-corrected chi connectivity index (χ1v) is 5.05. The molecule has 0 radical (unpaired) electrons. The Balaban J connectivity index is 0.00000289. The molecule has 1 aromatic carbocycles. The molecule has 0 saturated heterocycles. The number of nitrogens with one attached hydrogen (secondary N) is 2. The van der Waals surface area contributed by atoms with Gasteiger partial charge in [-0.1, -0.05) is 6.07 Å². The van der Waals surface area contributed by atoms with E-state index in [1.54, 1.807) is 19.9 Å². The van der Waals surface area contributed by atoms with Gasteiger partial charge in [0.15, 0.2) is 0 Å². The predicted molar refractivity (Wildman–Crippen MR) is 73.7 cm³/mol. The van der Waals surface area contributed by atoms with Crippen LogP contribution in [0.3, 0.4) is 0 Å². The third kappa shape index (κ3) is 2.84. The summed E-state index contributed by atoms with van der Waals surface area (Å²) in [6, 6.07) is 2.68. The van der Waals surface area contributed by atoms with Crippen LogP contribution < -0.4 is 16.0 Å². The second kappa shape index (κ2) is 6.11. The average molecular weight is 273 g/mol. The van der Waals surface area contributed by atoms with Gasteiger partial charge < -0.3 is 16.2 Å². The summed E-state index contributed by atoms with van der Waals surface area (Å²) < 4.78 is 0. The summed E-state index contributed by atoms with van der Waals surface area (Å²) in [5.74, 6) is -0.345. The first-order valence-electron chi connectivity index (χ1n) is 5.05. The number of urea groups is 1. The molecule has 0 unspecified atom stereocenters. The van der Waals surface area contributed by atoms with Gasteiger partial charge in [0.25, 0.3) is 0 Å². The molecule has 0 heterocycles. The van der Waals surface area contributed by atoms with E-state index < -0.39 is 12.0 Å². The number of aromatic hydroxyl groups is 1. The molecular weight excluding hydrogens is 256 g/mol. The van der Waals surface area contributed by atoms with E-state index in [9.17, 15) is 9.90 Å². The molecule has 0 bridgehead atoms. The van der Waals surface area contributed by atoms with Crippen molar-refractivity contribution in [3.05, 3.63) is 23.3 Å². The molecule has 0 saturated carbocycles. The van der Waals surface area contributed by atoms with Gasteiger partial charge >= 0.3 is 6.03 Å². The maximum Gasteiger partial charge on any atom is 0.328 e. The number of carbonyl (C=O) groups is 1. The van der Waals surface area contributed by atoms with Crippen LogP contribution in [0, 0.1) is 19.3 Å². The molecule has 0 fully saturated rings. The molecule has 18 heavy (non-hydrogen) atoms. The van der Waals surface area contributed by atoms with E-state index in [4.69, 9.17) is 11.1 Å². The van der Waals surface area contributed by atoms with E-state index in [-0.39, 0.29) is 18.2 Å². The van der Waals surface area contributed by atoms with E-state index in [0.29, 0.717) is 11.3 Å². The zero-order valence-corrected chi connectivity index (χ0v) is 11.3. The monoisotopic (exact) mass is 272 g/mol. The lowest BCUT2D eigenvalue weighted by Gasteiger charge is -2.24. The van der Waals surface area contributed by atoms with Crippen molar-refractivity contribution < 1.29 is 9.90 Å². The van der Waals surface area contributed by atoms with Crippen LogP contribution in [0.25, 0.3) is 0 Å². The number of carbonyl (C=O) groups excluding carboxylic acids is 1. The Morgan fingerprint density at radius 3 is 2.44 bits per heavy atom. The quantitative estimate of drug-likeness (QED) is 0.460. The number of rotatable bonds is 1. The normalized spacial score (nSPS) is 9.28. The summed E-state index contributed by atoms with van der Waals surface area (Å²) in [6.45, 7) is 3.44. The fourth-order valence-electron chi connectivity index (χ4n) is 1.61. The van der Waals surface area contributed by atoms with E-state index >= 15 is 0 Å². The van der Waals surface area contributed by atoms with Gasteiger partial charge in [0.1, 0.15) is 5.75 Å². The Hall–Kier alpha value is -1.95. The Labute approximate surface area is 112 Å². The minimum absolute atomic E-state index is 0. The lowest BCUT2D eigenvalue weighted by Crippen LogP contribution is -2.46. The molecule has 7 heteroatoms.